The number of aryl methyl sites for hydroxylation is 1. The Morgan fingerprint density at radius 3 is 2.62 bits per heavy atom. The van der Waals surface area contributed by atoms with Crippen LogP contribution in [0.25, 0.3) is 11.3 Å². The zero-order valence-electron chi connectivity index (χ0n) is 13.6. The molecule has 0 unspecified atom stereocenters. The van der Waals surface area contributed by atoms with Crippen molar-refractivity contribution in [2.45, 2.75) is 19.8 Å². The van der Waals surface area contributed by atoms with Crippen molar-refractivity contribution in [2.24, 2.45) is 0 Å². The Morgan fingerprint density at radius 2 is 1.96 bits per heavy atom. The molecule has 0 spiro atoms. The molecule has 3 rings (SSSR count). The van der Waals surface area contributed by atoms with Gasteiger partial charge in [0.05, 0.1) is 10.7 Å². The van der Waals surface area contributed by atoms with E-state index < -0.39 is 0 Å². The van der Waals surface area contributed by atoms with Crippen molar-refractivity contribution in [1.29, 1.82) is 0 Å². The fraction of sp³-hybridized carbons (Fsp3) is 0.412. The molecule has 3 heterocycles. The number of carbonyl (C=O) groups excluding carboxylic acids is 2. The first-order chi connectivity index (χ1) is 11.6. The number of piperazine rings is 1. The van der Waals surface area contributed by atoms with E-state index in [2.05, 4.69) is 9.97 Å². The van der Waals surface area contributed by atoms with Crippen molar-refractivity contribution < 1.29 is 9.59 Å². The van der Waals surface area contributed by atoms with Crippen LogP contribution in [-0.4, -0.2) is 57.8 Å². The number of amides is 2. The number of thiazole rings is 1. The Morgan fingerprint density at radius 1 is 1.21 bits per heavy atom. The average Bonchev–Trinajstić information content (AvgIpc) is 3.09. The molecule has 2 aromatic heterocycles. The van der Waals surface area contributed by atoms with Crippen molar-refractivity contribution in [3.05, 3.63) is 34.9 Å². The van der Waals surface area contributed by atoms with E-state index in [4.69, 9.17) is 0 Å². The number of aromatic nitrogens is 2. The van der Waals surface area contributed by atoms with E-state index in [1.165, 1.54) is 0 Å². The van der Waals surface area contributed by atoms with Crippen LogP contribution in [0.2, 0.25) is 0 Å². The standard InChI is InChI=1S/C17H20N4O2S/c1-13(22)20-7-9-21(10-8-20)17(23)5-4-16-19-15(12-24-16)14-3-2-6-18-11-14/h2-3,6,11-12H,4-5,7-10H2,1H3. The summed E-state index contributed by atoms with van der Waals surface area (Å²) in [7, 11) is 0. The molecule has 0 atom stereocenters. The summed E-state index contributed by atoms with van der Waals surface area (Å²) in [5.74, 6) is 0.212. The quantitative estimate of drug-likeness (QED) is 0.849. The van der Waals surface area contributed by atoms with Gasteiger partial charge in [0.25, 0.3) is 0 Å². The highest BCUT2D eigenvalue weighted by molar-refractivity contribution is 7.09. The zero-order valence-corrected chi connectivity index (χ0v) is 14.5. The average molecular weight is 344 g/mol. The van der Waals surface area contributed by atoms with Gasteiger partial charge in [-0.1, -0.05) is 0 Å². The molecule has 0 aromatic carbocycles. The lowest BCUT2D eigenvalue weighted by Crippen LogP contribution is -2.50. The number of rotatable bonds is 4. The van der Waals surface area contributed by atoms with E-state index in [9.17, 15) is 9.59 Å². The second-order valence-corrected chi connectivity index (χ2v) is 6.70. The number of hydrogen-bond donors (Lipinski definition) is 0. The van der Waals surface area contributed by atoms with Crippen LogP contribution in [0.4, 0.5) is 0 Å². The SMILES string of the molecule is CC(=O)N1CCN(C(=O)CCc2nc(-c3cccnc3)cs2)CC1. The van der Waals surface area contributed by atoms with Gasteiger partial charge in [-0.2, -0.15) is 0 Å². The molecule has 126 valence electrons. The Bertz CT molecular complexity index is 708. The van der Waals surface area contributed by atoms with Crippen LogP contribution < -0.4 is 0 Å². The maximum Gasteiger partial charge on any atom is 0.223 e. The molecule has 0 radical (unpaired) electrons. The molecule has 1 aliphatic rings. The molecule has 1 saturated heterocycles. The predicted octanol–water partition coefficient (Wildman–Crippen LogP) is 1.83. The van der Waals surface area contributed by atoms with Gasteiger partial charge in [-0.15, -0.1) is 11.3 Å². The van der Waals surface area contributed by atoms with Crippen molar-refractivity contribution >= 4 is 23.2 Å². The molecular weight excluding hydrogens is 324 g/mol. The molecule has 7 heteroatoms. The lowest BCUT2D eigenvalue weighted by molar-refractivity contribution is -0.138. The number of hydrogen-bond acceptors (Lipinski definition) is 5. The van der Waals surface area contributed by atoms with Gasteiger partial charge in [-0.25, -0.2) is 4.98 Å². The van der Waals surface area contributed by atoms with Gasteiger partial charge in [-0.3, -0.25) is 14.6 Å². The molecule has 0 bridgehead atoms. The number of nitrogens with zero attached hydrogens (tertiary/aromatic N) is 4. The molecular formula is C17H20N4O2S. The Hall–Kier alpha value is -2.28. The fourth-order valence-corrected chi connectivity index (χ4v) is 3.52. The minimum absolute atomic E-state index is 0.0767. The maximum absolute atomic E-state index is 12.3. The summed E-state index contributed by atoms with van der Waals surface area (Å²) in [6, 6.07) is 3.87. The van der Waals surface area contributed by atoms with E-state index in [1.54, 1.807) is 35.6 Å². The molecule has 0 aliphatic carbocycles. The van der Waals surface area contributed by atoms with Gasteiger partial charge in [0.2, 0.25) is 11.8 Å². The first-order valence-corrected chi connectivity index (χ1v) is 8.89. The lowest BCUT2D eigenvalue weighted by atomic mass is 10.2. The highest BCUT2D eigenvalue weighted by Crippen LogP contribution is 2.21. The first-order valence-electron chi connectivity index (χ1n) is 8.01. The minimum atomic E-state index is 0.0767. The highest BCUT2D eigenvalue weighted by Gasteiger charge is 2.22. The van der Waals surface area contributed by atoms with Gasteiger partial charge in [0.15, 0.2) is 0 Å². The predicted molar refractivity (Wildman–Crippen MR) is 92.5 cm³/mol. The molecule has 6 nitrogen and oxygen atoms in total. The summed E-state index contributed by atoms with van der Waals surface area (Å²) in [5.41, 5.74) is 1.90. The zero-order chi connectivity index (χ0) is 16.9. The van der Waals surface area contributed by atoms with Gasteiger partial charge in [0.1, 0.15) is 0 Å². The van der Waals surface area contributed by atoms with E-state index >= 15 is 0 Å². The molecule has 2 aromatic rings. The number of carbonyl (C=O) groups is 2. The summed E-state index contributed by atoms with van der Waals surface area (Å²) in [6.45, 7) is 4.07. The molecule has 0 N–H and O–H groups in total. The Kier molecular flexibility index (Phi) is 5.20. The second-order valence-electron chi connectivity index (χ2n) is 5.76. The van der Waals surface area contributed by atoms with Crippen LogP contribution in [0.15, 0.2) is 29.9 Å². The van der Waals surface area contributed by atoms with E-state index in [0.717, 1.165) is 16.3 Å². The Balaban J connectivity index is 1.50. The molecule has 0 saturated carbocycles. The lowest BCUT2D eigenvalue weighted by Gasteiger charge is -2.34. The third kappa shape index (κ3) is 3.97. The van der Waals surface area contributed by atoms with Crippen LogP contribution in [0.1, 0.15) is 18.4 Å². The third-order valence-corrected chi connectivity index (χ3v) is 5.05. The largest absolute Gasteiger partial charge is 0.339 e. The van der Waals surface area contributed by atoms with E-state index in [1.807, 2.05) is 22.4 Å². The summed E-state index contributed by atoms with van der Waals surface area (Å²) < 4.78 is 0. The van der Waals surface area contributed by atoms with E-state index in [0.29, 0.717) is 39.0 Å². The van der Waals surface area contributed by atoms with Crippen LogP contribution in [-0.2, 0) is 16.0 Å². The first kappa shape index (κ1) is 16.6. The number of pyridine rings is 1. The topological polar surface area (TPSA) is 66.4 Å². The molecule has 2 amide bonds. The summed E-state index contributed by atoms with van der Waals surface area (Å²) in [4.78, 5) is 35.9. The minimum Gasteiger partial charge on any atom is -0.339 e. The summed E-state index contributed by atoms with van der Waals surface area (Å²) >= 11 is 1.57. The van der Waals surface area contributed by atoms with Crippen LogP contribution >= 0.6 is 11.3 Å². The monoisotopic (exact) mass is 344 g/mol. The van der Waals surface area contributed by atoms with Gasteiger partial charge in [-0.05, 0) is 12.1 Å². The van der Waals surface area contributed by atoms with Gasteiger partial charge >= 0.3 is 0 Å². The normalized spacial score (nSPS) is 14.7. The van der Waals surface area contributed by atoms with Gasteiger partial charge < -0.3 is 9.80 Å². The van der Waals surface area contributed by atoms with Crippen LogP contribution in [0, 0.1) is 0 Å². The maximum atomic E-state index is 12.3. The molecule has 1 fully saturated rings. The summed E-state index contributed by atoms with van der Waals surface area (Å²) in [5, 5.41) is 2.97. The Labute approximate surface area is 145 Å². The molecule has 1 aliphatic heterocycles. The van der Waals surface area contributed by atoms with E-state index in [-0.39, 0.29) is 11.8 Å². The summed E-state index contributed by atoms with van der Waals surface area (Å²) in [6.07, 6.45) is 4.64. The van der Waals surface area contributed by atoms with Gasteiger partial charge in [0, 0.05) is 69.3 Å². The van der Waals surface area contributed by atoms with Crippen molar-refractivity contribution in [3.8, 4) is 11.3 Å². The van der Waals surface area contributed by atoms with Crippen molar-refractivity contribution in [3.63, 3.8) is 0 Å². The van der Waals surface area contributed by atoms with Crippen molar-refractivity contribution in [2.75, 3.05) is 26.2 Å². The third-order valence-electron chi connectivity index (χ3n) is 4.14. The molecule has 24 heavy (non-hydrogen) atoms. The van der Waals surface area contributed by atoms with Crippen molar-refractivity contribution in [1.82, 2.24) is 19.8 Å². The smallest absolute Gasteiger partial charge is 0.223 e. The van der Waals surface area contributed by atoms with Crippen LogP contribution in [0.5, 0.6) is 0 Å². The fourth-order valence-electron chi connectivity index (χ4n) is 2.72. The second kappa shape index (κ2) is 7.53. The highest BCUT2D eigenvalue weighted by atomic mass is 32.1. The van der Waals surface area contributed by atoms with Crippen LogP contribution in [0.3, 0.4) is 0 Å².